The molecule has 0 amide bonds. The van der Waals surface area contributed by atoms with E-state index >= 15 is 0 Å². The van der Waals surface area contributed by atoms with E-state index in [4.69, 9.17) is 9.51 Å². The Labute approximate surface area is 165 Å². The van der Waals surface area contributed by atoms with Crippen LogP contribution in [-0.2, 0) is 12.3 Å². The first-order valence-corrected chi connectivity index (χ1v) is 10.7. The minimum absolute atomic E-state index is 0.0241. The summed E-state index contributed by atoms with van der Waals surface area (Å²) in [5.41, 5.74) is 1.60. The van der Waals surface area contributed by atoms with E-state index in [1.807, 2.05) is 47.8 Å². The summed E-state index contributed by atoms with van der Waals surface area (Å²) < 4.78 is 7.23. The minimum atomic E-state index is 0.0241. The summed E-state index contributed by atoms with van der Waals surface area (Å²) in [6.45, 7) is 2.79. The zero-order valence-corrected chi connectivity index (χ0v) is 16.6. The van der Waals surface area contributed by atoms with Gasteiger partial charge in [0.05, 0.1) is 21.5 Å². The average Bonchev–Trinajstić information content (AvgIpc) is 3.37. The van der Waals surface area contributed by atoms with E-state index < -0.39 is 0 Å². The van der Waals surface area contributed by atoms with E-state index in [2.05, 4.69) is 12.1 Å². The van der Waals surface area contributed by atoms with Crippen LogP contribution in [0.15, 0.2) is 62.3 Å². The van der Waals surface area contributed by atoms with Gasteiger partial charge >= 0.3 is 0 Å². The first kappa shape index (κ1) is 18.0. The molecule has 138 valence electrons. The van der Waals surface area contributed by atoms with Crippen LogP contribution in [0.3, 0.4) is 0 Å². The first-order chi connectivity index (χ1) is 13.3. The van der Waals surface area contributed by atoms with Crippen molar-refractivity contribution in [2.24, 2.45) is 0 Å². The van der Waals surface area contributed by atoms with Gasteiger partial charge in [-0.25, -0.2) is 4.98 Å². The van der Waals surface area contributed by atoms with Crippen LogP contribution in [0, 0.1) is 0 Å². The molecule has 0 unspecified atom stereocenters. The molecule has 4 rings (SSSR count). The van der Waals surface area contributed by atoms with Crippen molar-refractivity contribution in [2.45, 2.75) is 37.2 Å². The molecule has 0 saturated carbocycles. The van der Waals surface area contributed by atoms with Gasteiger partial charge in [-0.1, -0.05) is 48.5 Å². The van der Waals surface area contributed by atoms with Crippen molar-refractivity contribution >= 4 is 34.0 Å². The van der Waals surface area contributed by atoms with Crippen molar-refractivity contribution in [3.05, 3.63) is 63.9 Å². The normalized spacial score (nSPS) is 11.3. The van der Waals surface area contributed by atoms with Crippen LogP contribution in [0.4, 0.5) is 0 Å². The lowest BCUT2D eigenvalue weighted by Crippen LogP contribution is -2.23. The second-order valence-corrected chi connectivity index (χ2v) is 8.06. The van der Waals surface area contributed by atoms with Gasteiger partial charge in [-0.15, -0.1) is 11.3 Å². The van der Waals surface area contributed by atoms with Crippen molar-refractivity contribution < 1.29 is 4.52 Å². The minimum Gasteiger partial charge on any atom is -0.355 e. The monoisotopic (exact) mass is 397 g/mol. The maximum Gasteiger partial charge on any atom is 0.262 e. The topological polar surface area (TPSA) is 60.9 Å². The first-order valence-electron chi connectivity index (χ1n) is 8.88. The molecule has 0 aliphatic carbocycles. The summed E-state index contributed by atoms with van der Waals surface area (Å²) in [5.74, 6) is 1.38. The van der Waals surface area contributed by atoms with Crippen molar-refractivity contribution in [3.63, 3.8) is 0 Å². The summed E-state index contributed by atoms with van der Waals surface area (Å²) in [4.78, 5) is 18.7. The Bertz CT molecular complexity index is 1100. The lowest BCUT2D eigenvalue weighted by Gasteiger charge is -2.12. The fourth-order valence-corrected chi connectivity index (χ4v) is 4.40. The number of thioether (sulfide) groups is 1. The summed E-state index contributed by atoms with van der Waals surface area (Å²) in [6.07, 6.45) is 1.97. The molecule has 3 heterocycles. The SMILES string of the molecule is CCCCn1c(SCc2cc(-c3cccs3)on2)nc2ccccc2c1=O. The molecule has 3 aromatic heterocycles. The molecule has 27 heavy (non-hydrogen) atoms. The van der Waals surface area contributed by atoms with E-state index in [1.54, 1.807) is 15.9 Å². The second kappa shape index (κ2) is 8.10. The van der Waals surface area contributed by atoms with E-state index in [1.165, 1.54) is 11.8 Å². The smallest absolute Gasteiger partial charge is 0.262 e. The Morgan fingerprint density at radius 2 is 2.11 bits per heavy atom. The number of unbranched alkanes of at least 4 members (excludes halogenated alkanes) is 1. The zero-order valence-electron chi connectivity index (χ0n) is 14.9. The van der Waals surface area contributed by atoms with Crippen LogP contribution in [0.25, 0.3) is 21.5 Å². The molecule has 1 aromatic carbocycles. The van der Waals surface area contributed by atoms with E-state index in [9.17, 15) is 4.79 Å². The molecule has 0 radical (unpaired) electrons. The molecule has 0 aliphatic heterocycles. The number of nitrogens with zero attached hydrogens (tertiary/aromatic N) is 3. The molecular formula is C20H19N3O2S2. The molecular weight excluding hydrogens is 378 g/mol. The molecule has 0 N–H and O–H groups in total. The van der Waals surface area contributed by atoms with Crippen molar-refractivity contribution in [1.82, 2.24) is 14.7 Å². The molecule has 0 bridgehead atoms. The summed E-state index contributed by atoms with van der Waals surface area (Å²) >= 11 is 3.14. The number of hydrogen-bond donors (Lipinski definition) is 0. The highest BCUT2D eigenvalue weighted by molar-refractivity contribution is 7.98. The van der Waals surface area contributed by atoms with Crippen molar-refractivity contribution in [1.29, 1.82) is 0 Å². The van der Waals surface area contributed by atoms with Gasteiger partial charge in [-0.2, -0.15) is 0 Å². The molecule has 0 fully saturated rings. The lowest BCUT2D eigenvalue weighted by molar-refractivity contribution is 0.427. The number of thiophene rings is 1. The van der Waals surface area contributed by atoms with Crippen molar-refractivity contribution in [3.8, 4) is 10.6 Å². The highest BCUT2D eigenvalue weighted by atomic mass is 32.2. The third kappa shape index (κ3) is 3.84. The quantitative estimate of drug-likeness (QED) is 0.317. The van der Waals surface area contributed by atoms with Gasteiger partial charge in [0, 0.05) is 18.4 Å². The Kier molecular flexibility index (Phi) is 5.40. The lowest BCUT2D eigenvalue weighted by atomic mass is 10.2. The molecule has 0 aliphatic rings. The van der Waals surface area contributed by atoms with Gasteiger partial charge in [0.15, 0.2) is 10.9 Å². The van der Waals surface area contributed by atoms with E-state index in [-0.39, 0.29) is 5.56 Å². The number of para-hydroxylation sites is 1. The molecule has 0 spiro atoms. The summed E-state index contributed by atoms with van der Waals surface area (Å²) in [5, 5.41) is 7.57. The van der Waals surface area contributed by atoms with Crippen LogP contribution in [0.2, 0.25) is 0 Å². The van der Waals surface area contributed by atoms with Crippen molar-refractivity contribution in [2.75, 3.05) is 0 Å². The van der Waals surface area contributed by atoms with Gasteiger partial charge in [0.2, 0.25) is 0 Å². The largest absolute Gasteiger partial charge is 0.355 e. The number of fused-ring (bicyclic) bond motifs is 1. The average molecular weight is 398 g/mol. The van der Waals surface area contributed by atoms with E-state index in [0.29, 0.717) is 17.7 Å². The van der Waals surface area contributed by atoms with Gasteiger partial charge in [0.25, 0.3) is 5.56 Å². The highest BCUT2D eigenvalue weighted by Gasteiger charge is 2.13. The Balaban J connectivity index is 1.61. The molecule has 7 heteroatoms. The van der Waals surface area contributed by atoms with Gasteiger partial charge in [-0.3, -0.25) is 9.36 Å². The van der Waals surface area contributed by atoms with Crippen LogP contribution in [0.5, 0.6) is 0 Å². The van der Waals surface area contributed by atoms with Crippen LogP contribution < -0.4 is 5.56 Å². The fourth-order valence-electron chi connectivity index (χ4n) is 2.82. The number of hydrogen-bond acceptors (Lipinski definition) is 6. The number of aromatic nitrogens is 3. The Morgan fingerprint density at radius 1 is 1.22 bits per heavy atom. The summed E-state index contributed by atoms with van der Waals surface area (Å²) in [7, 11) is 0. The molecule has 0 saturated heterocycles. The predicted molar refractivity (Wildman–Crippen MR) is 110 cm³/mol. The van der Waals surface area contributed by atoms with Crippen LogP contribution in [0.1, 0.15) is 25.5 Å². The van der Waals surface area contributed by atoms with Gasteiger partial charge in [0.1, 0.15) is 0 Å². The second-order valence-electron chi connectivity index (χ2n) is 6.17. The highest BCUT2D eigenvalue weighted by Crippen LogP contribution is 2.28. The predicted octanol–water partition coefficient (Wildman–Crippen LogP) is 5.21. The van der Waals surface area contributed by atoms with E-state index in [0.717, 1.165) is 39.8 Å². The molecule has 4 aromatic rings. The molecule has 0 atom stereocenters. The van der Waals surface area contributed by atoms with Crippen LogP contribution in [-0.4, -0.2) is 14.7 Å². The third-order valence-corrected chi connectivity index (χ3v) is 6.13. The summed E-state index contributed by atoms with van der Waals surface area (Å²) in [6, 6.07) is 13.5. The van der Waals surface area contributed by atoms with Crippen LogP contribution >= 0.6 is 23.1 Å². The Hall–Kier alpha value is -2.38. The third-order valence-electron chi connectivity index (χ3n) is 4.23. The molecule has 5 nitrogen and oxygen atoms in total. The fraction of sp³-hybridized carbons (Fsp3) is 0.250. The maximum atomic E-state index is 12.9. The maximum absolute atomic E-state index is 12.9. The number of rotatable bonds is 7. The number of benzene rings is 1. The zero-order chi connectivity index (χ0) is 18.6. The Morgan fingerprint density at radius 3 is 2.93 bits per heavy atom. The standard InChI is InChI=1S/C20H19N3O2S2/c1-2-3-10-23-19(24)15-7-4-5-8-16(15)21-20(23)27-13-14-12-17(25-22-14)18-9-6-11-26-18/h4-9,11-12H,2-3,10,13H2,1H3. The van der Waals surface area contributed by atoms with Gasteiger partial charge in [-0.05, 0) is 30.0 Å². The van der Waals surface area contributed by atoms with Gasteiger partial charge < -0.3 is 4.52 Å².